The Morgan fingerprint density at radius 2 is 1.90 bits per heavy atom. The van der Waals surface area contributed by atoms with Crippen molar-refractivity contribution in [3.8, 4) is 0 Å². The molecule has 0 saturated carbocycles. The van der Waals surface area contributed by atoms with E-state index in [1.54, 1.807) is 37.9 Å². The summed E-state index contributed by atoms with van der Waals surface area (Å²) in [5, 5.41) is 2.76. The van der Waals surface area contributed by atoms with Crippen LogP contribution in [0.25, 0.3) is 0 Å². The quantitative estimate of drug-likeness (QED) is 0.910. The zero-order chi connectivity index (χ0) is 15.6. The molecule has 0 spiro atoms. The van der Waals surface area contributed by atoms with Crippen molar-refractivity contribution in [1.29, 1.82) is 0 Å². The van der Waals surface area contributed by atoms with Crippen molar-refractivity contribution < 1.29 is 13.2 Å². The first-order valence-electron chi connectivity index (χ1n) is 7.16. The van der Waals surface area contributed by atoms with Crippen LogP contribution in [0.3, 0.4) is 0 Å². The van der Waals surface area contributed by atoms with E-state index < -0.39 is 15.1 Å². The normalized spacial score (nSPS) is 19.0. The van der Waals surface area contributed by atoms with Crippen LogP contribution in [0.15, 0.2) is 29.2 Å². The Balaban J connectivity index is 2.17. The maximum Gasteiger partial charge on any atom is 0.253 e. The fraction of sp³-hybridized carbons (Fsp3) is 0.533. The maximum atomic E-state index is 12.4. The number of benzene rings is 1. The standard InChI is InChI=1S/C15H22N2O3S/c1-11(2)21(19,20)14-6-4-12(5-7-14)15(18)17(3)13-8-9-16-10-13/h4-7,11,13,16H,8-10H2,1-3H3. The highest BCUT2D eigenvalue weighted by Crippen LogP contribution is 2.18. The van der Waals surface area contributed by atoms with Gasteiger partial charge in [0.25, 0.3) is 5.91 Å². The summed E-state index contributed by atoms with van der Waals surface area (Å²) in [5.41, 5.74) is 0.520. The van der Waals surface area contributed by atoms with E-state index >= 15 is 0 Å². The van der Waals surface area contributed by atoms with Crippen LogP contribution in [0.5, 0.6) is 0 Å². The van der Waals surface area contributed by atoms with Gasteiger partial charge < -0.3 is 10.2 Å². The lowest BCUT2D eigenvalue weighted by atomic mass is 10.1. The summed E-state index contributed by atoms with van der Waals surface area (Å²) in [6, 6.07) is 6.43. The van der Waals surface area contributed by atoms with Crippen molar-refractivity contribution in [3.05, 3.63) is 29.8 Å². The van der Waals surface area contributed by atoms with Gasteiger partial charge in [-0.3, -0.25) is 4.79 Å². The Labute approximate surface area is 126 Å². The summed E-state index contributed by atoms with van der Waals surface area (Å²) >= 11 is 0. The minimum atomic E-state index is -3.29. The summed E-state index contributed by atoms with van der Waals surface area (Å²) in [6.07, 6.45) is 0.946. The zero-order valence-corrected chi connectivity index (χ0v) is 13.5. The summed E-state index contributed by atoms with van der Waals surface area (Å²) in [4.78, 5) is 14.4. The van der Waals surface area contributed by atoms with Gasteiger partial charge in [0.05, 0.1) is 10.1 Å². The van der Waals surface area contributed by atoms with Crippen LogP contribution < -0.4 is 5.32 Å². The first-order chi connectivity index (χ1) is 9.84. The number of rotatable bonds is 4. The molecule has 2 rings (SSSR count). The molecule has 1 N–H and O–H groups in total. The van der Waals surface area contributed by atoms with Gasteiger partial charge in [0.1, 0.15) is 0 Å². The van der Waals surface area contributed by atoms with Gasteiger partial charge >= 0.3 is 0 Å². The van der Waals surface area contributed by atoms with Gasteiger partial charge in [-0.1, -0.05) is 0 Å². The van der Waals surface area contributed by atoms with Crippen molar-refractivity contribution in [3.63, 3.8) is 0 Å². The first kappa shape index (κ1) is 16.0. The van der Waals surface area contributed by atoms with E-state index in [2.05, 4.69) is 5.32 Å². The van der Waals surface area contributed by atoms with Gasteiger partial charge in [-0.15, -0.1) is 0 Å². The molecule has 1 atom stereocenters. The lowest BCUT2D eigenvalue weighted by Gasteiger charge is -2.23. The lowest BCUT2D eigenvalue weighted by Crippen LogP contribution is -2.38. The molecule has 0 aromatic heterocycles. The largest absolute Gasteiger partial charge is 0.337 e. The van der Waals surface area contributed by atoms with Crippen LogP contribution in [0.1, 0.15) is 30.6 Å². The van der Waals surface area contributed by atoms with Gasteiger partial charge in [-0.2, -0.15) is 0 Å². The van der Waals surface area contributed by atoms with E-state index in [1.165, 1.54) is 12.1 Å². The Morgan fingerprint density at radius 3 is 2.38 bits per heavy atom. The SMILES string of the molecule is CC(C)S(=O)(=O)c1ccc(C(=O)N(C)C2CCNC2)cc1. The van der Waals surface area contributed by atoms with Crippen LogP contribution in [0.4, 0.5) is 0 Å². The van der Waals surface area contributed by atoms with Crippen LogP contribution in [0, 0.1) is 0 Å². The number of hydrogen-bond donors (Lipinski definition) is 1. The number of hydrogen-bond acceptors (Lipinski definition) is 4. The second-order valence-electron chi connectivity index (χ2n) is 5.68. The van der Waals surface area contributed by atoms with Crippen molar-refractivity contribution in [2.75, 3.05) is 20.1 Å². The summed E-state index contributed by atoms with van der Waals surface area (Å²) in [6.45, 7) is 5.03. The Bertz CT molecular complexity index is 602. The second kappa shape index (κ2) is 6.15. The molecule has 1 fully saturated rings. The number of nitrogens with one attached hydrogen (secondary N) is 1. The molecule has 0 radical (unpaired) electrons. The summed E-state index contributed by atoms with van der Waals surface area (Å²) in [7, 11) is -1.50. The smallest absolute Gasteiger partial charge is 0.253 e. The molecule has 0 aliphatic carbocycles. The number of likely N-dealkylation sites (N-methyl/N-ethyl adjacent to an activating group) is 1. The fourth-order valence-electron chi connectivity index (χ4n) is 2.40. The minimum Gasteiger partial charge on any atom is -0.337 e. The minimum absolute atomic E-state index is 0.0720. The van der Waals surface area contributed by atoms with Crippen LogP contribution in [0.2, 0.25) is 0 Å². The zero-order valence-electron chi connectivity index (χ0n) is 12.7. The summed E-state index contributed by atoms with van der Waals surface area (Å²) in [5.74, 6) is -0.0720. The highest BCUT2D eigenvalue weighted by atomic mass is 32.2. The molecule has 1 saturated heterocycles. The van der Waals surface area contributed by atoms with E-state index in [9.17, 15) is 13.2 Å². The lowest BCUT2D eigenvalue weighted by molar-refractivity contribution is 0.0743. The number of carbonyl (C=O) groups excluding carboxylic acids is 1. The Morgan fingerprint density at radius 1 is 1.29 bits per heavy atom. The van der Waals surface area contributed by atoms with Crippen molar-refractivity contribution in [2.24, 2.45) is 0 Å². The average Bonchev–Trinajstić information content (AvgIpc) is 3.00. The third kappa shape index (κ3) is 3.27. The van der Waals surface area contributed by atoms with Gasteiger partial charge in [0, 0.05) is 25.2 Å². The molecule has 1 aromatic carbocycles. The molecule has 6 heteroatoms. The van der Waals surface area contributed by atoms with E-state index in [0.717, 1.165) is 19.5 Å². The van der Waals surface area contributed by atoms with Crippen molar-refractivity contribution >= 4 is 15.7 Å². The second-order valence-corrected chi connectivity index (χ2v) is 8.19. The maximum absolute atomic E-state index is 12.4. The molecule has 1 aliphatic rings. The number of carbonyl (C=O) groups is 1. The Hall–Kier alpha value is -1.40. The molecular formula is C15H22N2O3S. The van der Waals surface area contributed by atoms with Crippen molar-refractivity contribution in [1.82, 2.24) is 10.2 Å². The first-order valence-corrected chi connectivity index (χ1v) is 8.70. The molecule has 21 heavy (non-hydrogen) atoms. The Kier molecular flexibility index (Phi) is 4.68. The van der Waals surface area contributed by atoms with Crippen LogP contribution in [-0.4, -0.2) is 50.7 Å². The van der Waals surface area contributed by atoms with Gasteiger partial charge in [-0.25, -0.2) is 8.42 Å². The van der Waals surface area contributed by atoms with Crippen molar-refractivity contribution in [2.45, 2.75) is 36.5 Å². The van der Waals surface area contributed by atoms with E-state index in [-0.39, 0.29) is 16.8 Å². The van der Waals surface area contributed by atoms with Gasteiger partial charge in [0.15, 0.2) is 9.84 Å². The topological polar surface area (TPSA) is 66.5 Å². The van der Waals surface area contributed by atoms with Gasteiger partial charge in [-0.05, 0) is 51.1 Å². The molecule has 1 amide bonds. The van der Waals surface area contributed by atoms with E-state index in [1.807, 2.05) is 0 Å². The van der Waals surface area contributed by atoms with Crippen LogP contribution >= 0.6 is 0 Å². The predicted octanol–water partition coefficient (Wildman–Crippen LogP) is 1.30. The molecule has 5 nitrogen and oxygen atoms in total. The molecule has 1 heterocycles. The number of sulfone groups is 1. The fourth-order valence-corrected chi connectivity index (χ4v) is 3.46. The molecular weight excluding hydrogens is 288 g/mol. The van der Waals surface area contributed by atoms with E-state index in [0.29, 0.717) is 5.56 Å². The third-order valence-electron chi connectivity index (χ3n) is 3.95. The van der Waals surface area contributed by atoms with Gasteiger partial charge in [0.2, 0.25) is 0 Å². The molecule has 0 bridgehead atoms. The average molecular weight is 310 g/mol. The highest BCUT2D eigenvalue weighted by molar-refractivity contribution is 7.92. The number of nitrogens with zero attached hydrogens (tertiary/aromatic N) is 1. The van der Waals surface area contributed by atoms with E-state index in [4.69, 9.17) is 0 Å². The number of amides is 1. The molecule has 1 aliphatic heterocycles. The monoisotopic (exact) mass is 310 g/mol. The van der Waals surface area contributed by atoms with Crippen LogP contribution in [-0.2, 0) is 9.84 Å². The summed E-state index contributed by atoms with van der Waals surface area (Å²) < 4.78 is 24.1. The third-order valence-corrected chi connectivity index (χ3v) is 6.12. The highest BCUT2D eigenvalue weighted by Gasteiger charge is 2.25. The molecule has 1 aromatic rings. The molecule has 116 valence electrons. The molecule has 1 unspecified atom stereocenters. The predicted molar refractivity (Wildman–Crippen MR) is 82.1 cm³/mol.